The highest BCUT2D eigenvalue weighted by Crippen LogP contribution is 2.27. The summed E-state index contributed by atoms with van der Waals surface area (Å²) in [6.07, 6.45) is 6.61. The molecule has 8 heteroatoms. The van der Waals surface area contributed by atoms with Crippen molar-refractivity contribution >= 4 is 36.0 Å². The first-order valence-corrected chi connectivity index (χ1v) is 9.69. The topological polar surface area (TPSA) is 78.9 Å². The van der Waals surface area contributed by atoms with Crippen molar-refractivity contribution in [3.05, 3.63) is 30.1 Å². The molecule has 0 radical (unpaired) electrons. The second-order valence-corrected chi connectivity index (χ2v) is 7.94. The quantitative estimate of drug-likeness (QED) is 0.246. The maximum Gasteiger partial charge on any atom is 0.410 e. The van der Waals surface area contributed by atoms with E-state index >= 15 is 0 Å². The van der Waals surface area contributed by atoms with Crippen LogP contribution >= 0.6 is 24.0 Å². The first-order chi connectivity index (χ1) is 12.9. The summed E-state index contributed by atoms with van der Waals surface area (Å²) in [5.41, 5.74) is 0.468. The summed E-state index contributed by atoms with van der Waals surface area (Å²) in [6.45, 7) is 8.42. The number of halogens is 1. The number of rotatable bonds is 8. The third kappa shape index (κ3) is 10.1. The van der Waals surface area contributed by atoms with Gasteiger partial charge in [-0.15, -0.1) is 24.0 Å². The van der Waals surface area contributed by atoms with Crippen molar-refractivity contribution in [2.24, 2.45) is 10.9 Å². The summed E-state index contributed by atoms with van der Waals surface area (Å²) in [5, 5.41) is 6.65. The van der Waals surface area contributed by atoms with E-state index in [0.717, 1.165) is 37.0 Å². The van der Waals surface area contributed by atoms with E-state index in [1.165, 1.54) is 12.8 Å². The maximum atomic E-state index is 12.6. The van der Waals surface area contributed by atoms with E-state index in [1.807, 2.05) is 32.9 Å². The molecule has 0 saturated heterocycles. The van der Waals surface area contributed by atoms with Gasteiger partial charge in [-0.2, -0.15) is 0 Å². The lowest BCUT2D eigenvalue weighted by atomic mass is 10.2. The van der Waals surface area contributed by atoms with Gasteiger partial charge in [0.15, 0.2) is 5.96 Å². The van der Waals surface area contributed by atoms with Crippen LogP contribution in [0.15, 0.2) is 29.5 Å². The number of ether oxygens (including phenoxy) is 1. The molecule has 2 N–H and O–H groups in total. The second kappa shape index (κ2) is 12.1. The standard InChI is InChI=1S/C20H33N5O2.HI/c1-20(2,3)27-19(26)25(15-17-7-5-10-22-13-17)12-6-11-23-18(21-4)24-14-16-8-9-16;/h5,7,10,13,16H,6,8-9,11-12,14-15H2,1-4H3,(H2,21,23,24);1H. The van der Waals surface area contributed by atoms with Crippen molar-refractivity contribution in [1.82, 2.24) is 20.5 Å². The fourth-order valence-electron chi connectivity index (χ4n) is 2.53. The number of hydrogen-bond donors (Lipinski definition) is 2. The van der Waals surface area contributed by atoms with E-state index in [0.29, 0.717) is 13.1 Å². The molecule has 1 amide bonds. The van der Waals surface area contributed by atoms with Crippen LogP contribution in [-0.2, 0) is 11.3 Å². The minimum absolute atomic E-state index is 0. The van der Waals surface area contributed by atoms with E-state index < -0.39 is 5.60 Å². The number of nitrogens with one attached hydrogen (secondary N) is 2. The summed E-state index contributed by atoms with van der Waals surface area (Å²) < 4.78 is 5.55. The minimum atomic E-state index is -0.517. The predicted octanol–water partition coefficient (Wildman–Crippen LogP) is 3.40. The largest absolute Gasteiger partial charge is 0.444 e. The molecule has 0 unspecified atom stereocenters. The Morgan fingerprint density at radius 1 is 1.36 bits per heavy atom. The van der Waals surface area contributed by atoms with Crippen LogP contribution in [0.3, 0.4) is 0 Å². The molecule has 0 atom stereocenters. The van der Waals surface area contributed by atoms with Gasteiger partial charge < -0.3 is 20.3 Å². The molecule has 0 aliphatic heterocycles. The average Bonchev–Trinajstić information content (AvgIpc) is 3.44. The summed E-state index contributed by atoms with van der Waals surface area (Å²) in [6, 6.07) is 3.84. The Balaban J connectivity index is 0.00000392. The lowest BCUT2D eigenvalue weighted by Gasteiger charge is -2.27. The normalized spacial score (nSPS) is 14.1. The number of pyridine rings is 1. The zero-order valence-electron chi connectivity index (χ0n) is 17.4. The van der Waals surface area contributed by atoms with Gasteiger partial charge >= 0.3 is 6.09 Å². The third-order valence-corrected chi connectivity index (χ3v) is 4.12. The van der Waals surface area contributed by atoms with Gasteiger partial charge in [-0.1, -0.05) is 6.07 Å². The maximum absolute atomic E-state index is 12.6. The molecule has 0 bridgehead atoms. The Kier molecular flexibility index (Phi) is 10.6. The van der Waals surface area contributed by atoms with Gasteiger partial charge in [0.2, 0.25) is 0 Å². The Bertz CT molecular complexity index is 615. The Labute approximate surface area is 185 Å². The molecule has 1 aliphatic carbocycles. The molecule has 1 aromatic rings. The number of amides is 1. The van der Waals surface area contributed by atoms with E-state index in [1.54, 1.807) is 24.3 Å². The molecule has 0 spiro atoms. The molecular formula is C20H34IN5O2. The lowest BCUT2D eigenvalue weighted by molar-refractivity contribution is 0.0232. The number of hydrogen-bond acceptors (Lipinski definition) is 4. The van der Waals surface area contributed by atoms with Gasteiger partial charge in [-0.05, 0) is 57.6 Å². The van der Waals surface area contributed by atoms with E-state index in [2.05, 4.69) is 20.6 Å². The smallest absolute Gasteiger partial charge is 0.410 e. The SMILES string of the molecule is CN=C(NCCCN(Cc1cccnc1)C(=O)OC(C)(C)C)NCC1CC1.I. The predicted molar refractivity (Wildman–Crippen MR) is 123 cm³/mol. The highest BCUT2D eigenvalue weighted by molar-refractivity contribution is 14.0. The molecular weight excluding hydrogens is 469 g/mol. The summed E-state index contributed by atoms with van der Waals surface area (Å²) in [4.78, 5) is 22.6. The van der Waals surface area contributed by atoms with Crippen molar-refractivity contribution in [2.75, 3.05) is 26.7 Å². The molecule has 7 nitrogen and oxygen atoms in total. The van der Waals surface area contributed by atoms with Crippen LogP contribution in [-0.4, -0.2) is 54.2 Å². The molecule has 2 rings (SSSR count). The van der Waals surface area contributed by atoms with Crippen LogP contribution in [0.4, 0.5) is 4.79 Å². The average molecular weight is 503 g/mol. The third-order valence-electron chi connectivity index (χ3n) is 4.12. The molecule has 1 fully saturated rings. The van der Waals surface area contributed by atoms with Crippen molar-refractivity contribution in [1.29, 1.82) is 0 Å². The Hall–Kier alpha value is -1.58. The van der Waals surface area contributed by atoms with Crippen LogP contribution in [0.25, 0.3) is 0 Å². The summed E-state index contributed by atoms with van der Waals surface area (Å²) >= 11 is 0. The molecule has 1 heterocycles. The fourth-order valence-corrected chi connectivity index (χ4v) is 2.53. The number of carbonyl (C=O) groups is 1. The van der Waals surface area contributed by atoms with Crippen LogP contribution < -0.4 is 10.6 Å². The van der Waals surface area contributed by atoms with Gasteiger partial charge in [-0.25, -0.2) is 4.79 Å². The summed E-state index contributed by atoms with van der Waals surface area (Å²) in [5.74, 6) is 1.61. The fraction of sp³-hybridized carbons (Fsp3) is 0.650. The van der Waals surface area contributed by atoms with Gasteiger partial charge in [-0.3, -0.25) is 9.98 Å². The van der Waals surface area contributed by atoms with Crippen LogP contribution in [0.5, 0.6) is 0 Å². The van der Waals surface area contributed by atoms with Crippen LogP contribution in [0.1, 0.15) is 45.6 Å². The first kappa shape index (κ1) is 24.5. The van der Waals surface area contributed by atoms with Crippen molar-refractivity contribution in [2.45, 2.75) is 52.2 Å². The molecule has 158 valence electrons. The Morgan fingerprint density at radius 3 is 2.68 bits per heavy atom. The van der Waals surface area contributed by atoms with E-state index in [4.69, 9.17) is 4.74 Å². The van der Waals surface area contributed by atoms with Gasteiger partial charge in [0.1, 0.15) is 5.60 Å². The molecule has 1 aliphatic rings. The molecule has 1 aromatic heterocycles. The lowest BCUT2D eigenvalue weighted by Crippen LogP contribution is -2.41. The van der Waals surface area contributed by atoms with Gasteiger partial charge in [0.05, 0.1) is 6.54 Å². The number of aromatic nitrogens is 1. The van der Waals surface area contributed by atoms with Crippen molar-refractivity contribution in [3.63, 3.8) is 0 Å². The first-order valence-electron chi connectivity index (χ1n) is 9.69. The van der Waals surface area contributed by atoms with Crippen LogP contribution in [0, 0.1) is 5.92 Å². The Morgan fingerprint density at radius 2 is 2.11 bits per heavy atom. The zero-order chi connectivity index (χ0) is 19.7. The highest BCUT2D eigenvalue weighted by atomic mass is 127. The van der Waals surface area contributed by atoms with E-state index in [9.17, 15) is 4.79 Å². The summed E-state index contributed by atoms with van der Waals surface area (Å²) in [7, 11) is 1.78. The molecule has 0 aromatic carbocycles. The number of aliphatic imine (C=N–C) groups is 1. The van der Waals surface area contributed by atoms with Crippen molar-refractivity contribution < 1.29 is 9.53 Å². The van der Waals surface area contributed by atoms with Gasteiger partial charge in [0.25, 0.3) is 0 Å². The highest BCUT2D eigenvalue weighted by Gasteiger charge is 2.23. The monoisotopic (exact) mass is 503 g/mol. The van der Waals surface area contributed by atoms with E-state index in [-0.39, 0.29) is 30.1 Å². The van der Waals surface area contributed by atoms with Gasteiger partial charge in [0, 0.05) is 39.1 Å². The number of carbonyl (C=O) groups excluding carboxylic acids is 1. The molecule has 28 heavy (non-hydrogen) atoms. The second-order valence-electron chi connectivity index (χ2n) is 7.94. The zero-order valence-corrected chi connectivity index (χ0v) is 19.7. The number of guanidine groups is 1. The van der Waals surface area contributed by atoms with Crippen LogP contribution in [0.2, 0.25) is 0 Å². The number of nitrogens with zero attached hydrogens (tertiary/aromatic N) is 3. The molecule has 1 saturated carbocycles. The van der Waals surface area contributed by atoms with Crippen molar-refractivity contribution in [3.8, 4) is 0 Å². The minimum Gasteiger partial charge on any atom is -0.444 e.